The van der Waals surface area contributed by atoms with Gasteiger partial charge >= 0.3 is 0 Å². The predicted octanol–water partition coefficient (Wildman–Crippen LogP) is 2.53. The van der Waals surface area contributed by atoms with E-state index in [1.165, 1.54) is 0 Å². The standard InChI is InChI=1S/C20H28ClN3O3/c21-17-2-1-3-18(14-17)23-20(26)16-6-4-15(5-7-16)19(25)22-8-9-24-10-12-27-13-11-24/h1-3,14-16H,4-13H2,(H,22,25)(H,23,26). The fourth-order valence-corrected chi connectivity index (χ4v) is 3.92. The third kappa shape index (κ3) is 6.19. The minimum Gasteiger partial charge on any atom is -0.379 e. The van der Waals surface area contributed by atoms with Gasteiger partial charge in [-0.15, -0.1) is 0 Å². The SMILES string of the molecule is O=C(NCCN1CCOCC1)C1CCC(C(=O)Nc2cccc(Cl)c2)CC1. The van der Waals surface area contributed by atoms with Gasteiger partial charge in [0.1, 0.15) is 0 Å². The zero-order chi connectivity index (χ0) is 19.1. The second kappa shape index (κ2) is 10.1. The molecule has 0 spiro atoms. The maximum Gasteiger partial charge on any atom is 0.227 e. The first-order valence-corrected chi connectivity index (χ1v) is 10.1. The van der Waals surface area contributed by atoms with Crippen LogP contribution in [0.3, 0.4) is 0 Å². The molecule has 27 heavy (non-hydrogen) atoms. The summed E-state index contributed by atoms with van der Waals surface area (Å²) in [7, 11) is 0. The van der Waals surface area contributed by atoms with E-state index in [0.29, 0.717) is 11.6 Å². The fraction of sp³-hybridized carbons (Fsp3) is 0.600. The van der Waals surface area contributed by atoms with Crippen molar-refractivity contribution >= 4 is 29.1 Å². The van der Waals surface area contributed by atoms with Gasteiger partial charge in [0.15, 0.2) is 0 Å². The first-order chi connectivity index (χ1) is 13.1. The van der Waals surface area contributed by atoms with Crippen LogP contribution in [0.2, 0.25) is 5.02 Å². The van der Waals surface area contributed by atoms with Crippen LogP contribution < -0.4 is 10.6 Å². The highest BCUT2D eigenvalue weighted by atomic mass is 35.5. The number of ether oxygens (including phenoxy) is 1. The summed E-state index contributed by atoms with van der Waals surface area (Å²) in [6.45, 7) is 4.95. The summed E-state index contributed by atoms with van der Waals surface area (Å²) in [4.78, 5) is 27.1. The quantitative estimate of drug-likeness (QED) is 0.779. The minimum absolute atomic E-state index is 0.0171. The van der Waals surface area contributed by atoms with E-state index in [0.717, 1.165) is 64.2 Å². The van der Waals surface area contributed by atoms with E-state index < -0.39 is 0 Å². The van der Waals surface area contributed by atoms with Gasteiger partial charge in [-0.3, -0.25) is 14.5 Å². The molecule has 2 N–H and O–H groups in total. The van der Waals surface area contributed by atoms with Crippen molar-refractivity contribution in [3.63, 3.8) is 0 Å². The number of morpholine rings is 1. The Labute approximate surface area is 165 Å². The third-order valence-electron chi connectivity index (χ3n) is 5.39. The largest absolute Gasteiger partial charge is 0.379 e. The molecule has 0 aromatic heterocycles. The van der Waals surface area contributed by atoms with E-state index in [1.807, 2.05) is 12.1 Å². The van der Waals surface area contributed by atoms with E-state index in [4.69, 9.17) is 16.3 Å². The van der Waals surface area contributed by atoms with Crippen LogP contribution in [-0.2, 0) is 14.3 Å². The molecule has 1 saturated carbocycles. The molecule has 1 aliphatic heterocycles. The van der Waals surface area contributed by atoms with Crippen LogP contribution in [0.15, 0.2) is 24.3 Å². The van der Waals surface area contributed by atoms with E-state index in [9.17, 15) is 9.59 Å². The van der Waals surface area contributed by atoms with E-state index >= 15 is 0 Å². The van der Waals surface area contributed by atoms with Gasteiger partial charge in [-0.1, -0.05) is 17.7 Å². The van der Waals surface area contributed by atoms with Crippen molar-refractivity contribution in [2.45, 2.75) is 25.7 Å². The number of halogens is 1. The lowest BCUT2D eigenvalue weighted by atomic mass is 9.81. The molecule has 1 heterocycles. The third-order valence-corrected chi connectivity index (χ3v) is 5.63. The molecule has 7 heteroatoms. The molecule has 0 unspecified atom stereocenters. The highest BCUT2D eigenvalue weighted by molar-refractivity contribution is 6.30. The van der Waals surface area contributed by atoms with Crippen molar-refractivity contribution < 1.29 is 14.3 Å². The summed E-state index contributed by atoms with van der Waals surface area (Å²) in [5.41, 5.74) is 0.718. The number of hydrogen-bond donors (Lipinski definition) is 2. The molecule has 2 amide bonds. The number of amides is 2. The van der Waals surface area contributed by atoms with Crippen molar-refractivity contribution in [3.05, 3.63) is 29.3 Å². The second-order valence-electron chi connectivity index (χ2n) is 7.29. The van der Waals surface area contributed by atoms with Crippen molar-refractivity contribution in [2.75, 3.05) is 44.7 Å². The van der Waals surface area contributed by atoms with Gasteiger partial charge < -0.3 is 15.4 Å². The number of hydrogen-bond acceptors (Lipinski definition) is 4. The van der Waals surface area contributed by atoms with Crippen LogP contribution >= 0.6 is 11.6 Å². The normalized spacial score (nSPS) is 23.6. The Hall–Kier alpha value is -1.63. The molecule has 1 aromatic rings. The van der Waals surface area contributed by atoms with Gasteiger partial charge in [0, 0.05) is 48.7 Å². The van der Waals surface area contributed by atoms with Crippen molar-refractivity contribution in [1.29, 1.82) is 0 Å². The van der Waals surface area contributed by atoms with Crippen LogP contribution in [0.25, 0.3) is 0 Å². The Morgan fingerprint density at radius 1 is 1.07 bits per heavy atom. The summed E-state index contributed by atoms with van der Waals surface area (Å²) in [6, 6.07) is 7.17. The summed E-state index contributed by atoms with van der Waals surface area (Å²) in [5.74, 6) is 0.117. The van der Waals surface area contributed by atoms with Gasteiger partial charge in [0.2, 0.25) is 11.8 Å². The molecular weight excluding hydrogens is 366 g/mol. The first kappa shape index (κ1) is 20.1. The lowest BCUT2D eigenvalue weighted by molar-refractivity contribution is -0.128. The summed E-state index contributed by atoms with van der Waals surface area (Å²) >= 11 is 5.95. The van der Waals surface area contributed by atoms with E-state index in [1.54, 1.807) is 12.1 Å². The minimum atomic E-state index is -0.0404. The molecule has 0 bridgehead atoms. The molecule has 3 rings (SSSR count). The molecule has 1 aromatic carbocycles. The first-order valence-electron chi connectivity index (χ1n) is 9.76. The van der Waals surface area contributed by atoms with Crippen molar-refractivity contribution in [1.82, 2.24) is 10.2 Å². The molecule has 0 radical (unpaired) electrons. The van der Waals surface area contributed by atoms with Crippen LogP contribution in [-0.4, -0.2) is 56.1 Å². The lowest BCUT2D eigenvalue weighted by Crippen LogP contribution is -2.43. The molecular formula is C20H28ClN3O3. The number of nitrogens with one attached hydrogen (secondary N) is 2. The van der Waals surface area contributed by atoms with Gasteiger partial charge in [-0.05, 0) is 43.9 Å². The molecule has 1 saturated heterocycles. The summed E-state index contributed by atoms with van der Waals surface area (Å²) in [5, 5.41) is 6.58. The molecule has 148 valence electrons. The predicted molar refractivity (Wildman–Crippen MR) is 106 cm³/mol. The van der Waals surface area contributed by atoms with Crippen molar-refractivity contribution in [3.8, 4) is 0 Å². The number of anilines is 1. The molecule has 1 aliphatic carbocycles. The van der Waals surface area contributed by atoms with Gasteiger partial charge in [-0.2, -0.15) is 0 Å². The Kier molecular flexibility index (Phi) is 7.50. The lowest BCUT2D eigenvalue weighted by Gasteiger charge is -2.28. The number of benzene rings is 1. The highest BCUT2D eigenvalue weighted by Gasteiger charge is 2.30. The second-order valence-corrected chi connectivity index (χ2v) is 7.73. The van der Waals surface area contributed by atoms with Crippen LogP contribution in [0.4, 0.5) is 5.69 Å². The zero-order valence-electron chi connectivity index (χ0n) is 15.6. The number of carbonyl (C=O) groups is 2. The zero-order valence-corrected chi connectivity index (χ0v) is 16.3. The average molecular weight is 394 g/mol. The Morgan fingerprint density at radius 2 is 1.74 bits per heavy atom. The smallest absolute Gasteiger partial charge is 0.227 e. The Morgan fingerprint density at radius 3 is 2.41 bits per heavy atom. The summed E-state index contributed by atoms with van der Waals surface area (Å²) < 4.78 is 5.33. The van der Waals surface area contributed by atoms with Gasteiger partial charge in [0.05, 0.1) is 13.2 Å². The number of carbonyl (C=O) groups excluding carboxylic acids is 2. The Balaban J connectivity index is 1.36. The summed E-state index contributed by atoms with van der Waals surface area (Å²) in [6.07, 6.45) is 3.01. The monoisotopic (exact) mass is 393 g/mol. The number of rotatable bonds is 6. The van der Waals surface area contributed by atoms with Crippen LogP contribution in [0.1, 0.15) is 25.7 Å². The van der Waals surface area contributed by atoms with Gasteiger partial charge in [0.25, 0.3) is 0 Å². The van der Waals surface area contributed by atoms with Crippen LogP contribution in [0.5, 0.6) is 0 Å². The van der Waals surface area contributed by atoms with Crippen molar-refractivity contribution in [2.24, 2.45) is 11.8 Å². The average Bonchev–Trinajstić information content (AvgIpc) is 2.69. The van der Waals surface area contributed by atoms with E-state index in [-0.39, 0.29) is 23.7 Å². The fourth-order valence-electron chi connectivity index (χ4n) is 3.73. The highest BCUT2D eigenvalue weighted by Crippen LogP contribution is 2.30. The molecule has 2 fully saturated rings. The number of nitrogens with zero attached hydrogens (tertiary/aromatic N) is 1. The molecule has 6 nitrogen and oxygen atoms in total. The molecule has 0 atom stereocenters. The van der Waals surface area contributed by atoms with E-state index in [2.05, 4.69) is 15.5 Å². The van der Waals surface area contributed by atoms with Gasteiger partial charge in [-0.25, -0.2) is 0 Å². The maximum absolute atomic E-state index is 12.4. The maximum atomic E-state index is 12.4. The molecule has 2 aliphatic rings. The Bertz CT molecular complexity index is 641. The van der Waals surface area contributed by atoms with Crippen LogP contribution in [0, 0.1) is 11.8 Å². The topological polar surface area (TPSA) is 70.7 Å².